The van der Waals surface area contributed by atoms with E-state index in [2.05, 4.69) is 15.0 Å². The van der Waals surface area contributed by atoms with Gasteiger partial charge in [-0.25, -0.2) is 0 Å². The molecule has 1 atom stereocenters. The predicted octanol–water partition coefficient (Wildman–Crippen LogP) is 2.18. The fourth-order valence-corrected chi connectivity index (χ4v) is 5.17. The minimum absolute atomic E-state index is 0.0521. The summed E-state index contributed by atoms with van der Waals surface area (Å²) in [6.07, 6.45) is -1.14. The first kappa shape index (κ1) is 15.4. The maximum atomic E-state index is 13.2. The standard InChI is InChI=1S/C15H12AsF3N4O/c17-15(18,19)14-21-12(16-8-5-6-8)11-13(22-14)23(7-20-11)9-3-1-2-4-10(9)24/h1-4,7-8,16,24H,5-6H2. The van der Waals surface area contributed by atoms with Gasteiger partial charge in [0.15, 0.2) is 0 Å². The molecule has 124 valence electrons. The van der Waals surface area contributed by atoms with Crippen molar-refractivity contribution >= 4 is 31.4 Å². The molecule has 2 heterocycles. The third kappa shape index (κ3) is 2.75. The van der Waals surface area contributed by atoms with Gasteiger partial charge in [-0.3, -0.25) is 0 Å². The molecule has 1 aliphatic carbocycles. The van der Waals surface area contributed by atoms with E-state index in [-0.39, 0.29) is 11.4 Å². The van der Waals surface area contributed by atoms with Gasteiger partial charge in [0.25, 0.3) is 0 Å². The van der Waals surface area contributed by atoms with Crippen molar-refractivity contribution < 1.29 is 18.3 Å². The van der Waals surface area contributed by atoms with E-state index in [0.717, 1.165) is 12.8 Å². The second-order valence-electron chi connectivity index (χ2n) is 5.59. The van der Waals surface area contributed by atoms with Gasteiger partial charge in [-0.1, -0.05) is 0 Å². The van der Waals surface area contributed by atoms with Gasteiger partial charge in [-0.2, -0.15) is 0 Å². The molecule has 0 bridgehead atoms. The molecular formula is C15H12AsF3N4O. The number of fused-ring (bicyclic) bond motifs is 1. The zero-order valence-corrected chi connectivity index (χ0v) is 14.3. The van der Waals surface area contributed by atoms with Crippen LogP contribution in [0.1, 0.15) is 18.7 Å². The van der Waals surface area contributed by atoms with E-state index in [0.29, 0.717) is 20.4 Å². The summed E-state index contributed by atoms with van der Waals surface area (Å²) in [6.45, 7) is 0. The maximum absolute atomic E-state index is 13.2. The number of para-hydroxylation sites is 2. The first-order valence-corrected chi connectivity index (χ1v) is 9.57. The van der Waals surface area contributed by atoms with E-state index in [1.165, 1.54) is 17.0 Å². The summed E-state index contributed by atoms with van der Waals surface area (Å²) in [4.78, 5) is 11.7. The van der Waals surface area contributed by atoms with E-state index >= 15 is 0 Å². The molecule has 0 spiro atoms. The predicted molar refractivity (Wildman–Crippen MR) is 83.1 cm³/mol. The van der Waals surface area contributed by atoms with Crippen molar-refractivity contribution in [1.82, 2.24) is 19.5 Å². The van der Waals surface area contributed by atoms with Crippen LogP contribution in [-0.2, 0) is 6.18 Å². The third-order valence-corrected chi connectivity index (χ3v) is 7.08. The van der Waals surface area contributed by atoms with Gasteiger partial charge in [0.2, 0.25) is 0 Å². The molecule has 9 heteroatoms. The average molecular weight is 396 g/mol. The van der Waals surface area contributed by atoms with Gasteiger partial charge in [-0.05, 0) is 0 Å². The van der Waals surface area contributed by atoms with Crippen LogP contribution in [0.15, 0.2) is 30.6 Å². The van der Waals surface area contributed by atoms with Crippen molar-refractivity contribution in [3.8, 4) is 11.4 Å². The minimum atomic E-state index is -4.62. The van der Waals surface area contributed by atoms with Crippen molar-refractivity contribution in [1.29, 1.82) is 0 Å². The first-order valence-electron chi connectivity index (χ1n) is 7.30. The number of halogens is 3. The van der Waals surface area contributed by atoms with Crippen LogP contribution in [0, 0.1) is 0 Å². The molecule has 1 fully saturated rings. The summed E-state index contributed by atoms with van der Waals surface area (Å²) in [5, 5.41) is 9.99. The Kier molecular flexibility index (Phi) is 3.53. The molecule has 0 aliphatic heterocycles. The number of aromatic hydroxyl groups is 1. The van der Waals surface area contributed by atoms with E-state index in [4.69, 9.17) is 0 Å². The number of hydrogen-bond acceptors (Lipinski definition) is 4. The molecule has 2 aromatic heterocycles. The third-order valence-electron chi connectivity index (χ3n) is 3.71. The van der Waals surface area contributed by atoms with Gasteiger partial charge in [0.1, 0.15) is 0 Å². The summed E-state index contributed by atoms with van der Waals surface area (Å²) in [5.41, 5.74) is 0.820. The van der Waals surface area contributed by atoms with Crippen LogP contribution in [0.5, 0.6) is 5.75 Å². The molecule has 0 amide bonds. The first-order chi connectivity index (χ1) is 11.4. The average Bonchev–Trinajstić information content (AvgIpc) is 3.23. The molecule has 4 rings (SSSR count). The molecule has 0 saturated heterocycles. The summed E-state index contributed by atoms with van der Waals surface area (Å²) in [6, 6.07) is 6.39. The number of hydrogen-bond donors (Lipinski definition) is 1. The number of benzene rings is 1. The molecule has 1 saturated carbocycles. The SMILES string of the molecule is Oc1ccccc1-n1cnc2c([AsH]C3CC3)nc(C(F)(F)F)nc21. The molecule has 1 aromatic carbocycles. The van der Waals surface area contributed by atoms with Crippen LogP contribution in [-0.4, -0.2) is 40.4 Å². The molecule has 1 N–H and O–H groups in total. The molecule has 1 unspecified atom stereocenters. The number of alkyl halides is 3. The van der Waals surface area contributed by atoms with Crippen LogP contribution < -0.4 is 4.48 Å². The Labute approximate surface area is 141 Å². The number of phenols is 1. The zero-order valence-electron chi connectivity index (χ0n) is 12.2. The van der Waals surface area contributed by atoms with Crippen LogP contribution in [0.3, 0.4) is 0 Å². The zero-order chi connectivity index (χ0) is 16.9. The Balaban J connectivity index is 1.95. The van der Waals surface area contributed by atoms with Crippen LogP contribution >= 0.6 is 0 Å². The van der Waals surface area contributed by atoms with Crippen molar-refractivity contribution in [2.24, 2.45) is 0 Å². The van der Waals surface area contributed by atoms with Crippen LogP contribution in [0.2, 0.25) is 4.71 Å². The number of rotatable bonds is 3. The Morgan fingerprint density at radius 1 is 1.17 bits per heavy atom. The van der Waals surface area contributed by atoms with Gasteiger partial charge < -0.3 is 0 Å². The molecule has 1 aliphatic rings. The normalized spacial score (nSPS) is 15.6. The van der Waals surface area contributed by atoms with E-state index in [9.17, 15) is 18.3 Å². The van der Waals surface area contributed by atoms with E-state index in [1.54, 1.807) is 18.2 Å². The molecular weight excluding hydrogens is 384 g/mol. The Hall–Kier alpha value is -2.08. The fourth-order valence-electron chi connectivity index (χ4n) is 2.39. The van der Waals surface area contributed by atoms with E-state index in [1.807, 2.05) is 0 Å². The summed E-state index contributed by atoms with van der Waals surface area (Å²) in [5.74, 6) is -1.20. The molecule has 3 aromatic rings. The topological polar surface area (TPSA) is 63.8 Å². The van der Waals surface area contributed by atoms with Gasteiger partial charge >= 0.3 is 141 Å². The molecule has 24 heavy (non-hydrogen) atoms. The van der Waals surface area contributed by atoms with Gasteiger partial charge in [-0.15, -0.1) is 0 Å². The Bertz CT molecular complexity index is 921. The van der Waals surface area contributed by atoms with Gasteiger partial charge in [0.05, 0.1) is 0 Å². The summed E-state index contributed by atoms with van der Waals surface area (Å²) in [7, 11) is 0. The second-order valence-corrected chi connectivity index (χ2v) is 8.90. The number of aromatic nitrogens is 4. The monoisotopic (exact) mass is 396 g/mol. The quantitative estimate of drug-likeness (QED) is 0.690. The Morgan fingerprint density at radius 2 is 1.92 bits per heavy atom. The number of phenolic OH excluding ortho intramolecular Hbond substituents is 1. The van der Waals surface area contributed by atoms with Crippen molar-refractivity contribution in [2.45, 2.75) is 23.7 Å². The van der Waals surface area contributed by atoms with Crippen LogP contribution in [0.4, 0.5) is 13.2 Å². The molecule has 5 nitrogen and oxygen atoms in total. The molecule has 0 radical (unpaired) electrons. The van der Waals surface area contributed by atoms with Crippen molar-refractivity contribution in [3.63, 3.8) is 0 Å². The van der Waals surface area contributed by atoms with Crippen LogP contribution in [0.25, 0.3) is 16.9 Å². The van der Waals surface area contributed by atoms with E-state index < -0.39 is 27.8 Å². The van der Waals surface area contributed by atoms with Gasteiger partial charge in [0, 0.05) is 0 Å². The number of imidazole rings is 1. The fraction of sp³-hybridized carbons (Fsp3) is 0.267. The summed E-state index contributed by atoms with van der Waals surface area (Å²) >= 11 is -0.793. The summed E-state index contributed by atoms with van der Waals surface area (Å²) < 4.78 is 41.8. The van der Waals surface area contributed by atoms with Crippen molar-refractivity contribution in [2.75, 3.05) is 0 Å². The number of nitrogens with zero attached hydrogens (tertiary/aromatic N) is 4. The Morgan fingerprint density at radius 3 is 2.58 bits per heavy atom. The second kappa shape index (κ2) is 5.48. The van der Waals surface area contributed by atoms with Crippen molar-refractivity contribution in [3.05, 3.63) is 36.4 Å².